The number of nitrogens with one attached hydrogen (secondary N) is 1. The summed E-state index contributed by atoms with van der Waals surface area (Å²) in [7, 11) is 0. The zero-order valence-electron chi connectivity index (χ0n) is 14.6. The molecule has 0 spiro atoms. The van der Waals surface area contributed by atoms with Gasteiger partial charge >= 0.3 is 22.4 Å². The van der Waals surface area contributed by atoms with Crippen LogP contribution in [-0.2, 0) is 36.8 Å². The number of carboxylic acid groups (broad SMARTS) is 1. The first kappa shape index (κ1) is 25.5. The Morgan fingerprint density at radius 1 is 0.875 bits per heavy atom. The molecule has 1 unspecified atom stereocenters. The van der Waals surface area contributed by atoms with Gasteiger partial charge in [-0.25, -0.2) is 0 Å². The molecule has 0 aromatic carbocycles. The Kier molecular flexibility index (Phi) is 18.3. The Morgan fingerprint density at radius 3 is 1.83 bits per heavy atom. The van der Waals surface area contributed by atoms with Crippen molar-refractivity contribution < 1.29 is 41.9 Å². The minimum absolute atomic E-state index is 0. The second-order valence-corrected chi connectivity index (χ2v) is 6.01. The third kappa shape index (κ3) is 16.2. The van der Waals surface area contributed by atoms with E-state index < -0.39 is 17.9 Å². The van der Waals surface area contributed by atoms with Crippen molar-refractivity contribution in [3.05, 3.63) is 0 Å². The summed E-state index contributed by atoms with van der Waals surface area (Å²) in [6, 6.07) is -1.17. The van der Waals surface area contributed by atoms with Crippen LogP contribution in [0.25, 0.3) is 0 Å². The van der Waals surface area contributed by atoms with E-state index in [1.54, 1.807) is 0 Å². The van der Waals surface area contributed by atoms with Crippen LogP contribution < -0.4 is 16.2 Å². The molecule has 0 bridgehead atoms. The van der Waals surface area contributed by atoms with Gasteiger partial charge in [-0.2, -0.15) is 0 Å². The van der Waals surface area contributed by atoms with E-state index in [-0.39, 0.29) is 41.1 Å². The summed E-state index contributed by atoms with van der Waals surface area (Å²) in [6.45, 7) is 2.20. The maximum Gasteiger partial charge on any atom is 1.00 e. The van der Waals surface area contributed by atoms with Crippen LogP contribution in [0.3, 0.4) is 0 Å². The average Bonchev–Trinajstić information content (AvgIpc) is 2.50. The largest absolute Gasteiger partial charge is 1.00 e. The van der Waals surface area contributed by atoms with Gasteiger partial charge < -0.3 is 15.6 Å². The van der Waals surface area contributed by atoms with Crippen LogP contribution in [0.5, 0.6) is 0 Å². The Hall–Kier alpha value is -0.690. The number of aliphatic carboxylic acids is 1. The molecule has 0 saturated heterocycles. The molecule has 0 aliphatic heterocycles. The van der Waals surface area contributed by atoms with Gasteiger partial charge in [0.25, 0.3) is 0 Å². The summed E-state index contributed by atoms with van der Waals surface area (Å²) in [4.78, 5) is 33.4. The van der Waals surface area contributed by atoms with E-state index in [1.807, 2.05) is 0 Å². The molecule has 0 saturated carbocycles. The van der Waals surface area contributed by atoms with Crippen molar-refractivity contribution in [1.82, 2.24) is 5.32 Å². The minimum atomic E-state index is -1.39. The minimum Gasteiger partial charge on any atom is -0.548 e. The fraction of sp³-hybridized carbons (Fsp3) is 0.824. The van der Waals surface area contributed by atoms with Gasteiger partial charge in [0.1, 0.15) is 0 Å². The van der Waals surface area contributed by atoms with Crippen molar-refractivity contribution in [2.24, 2.45) is 5.73 Å². The number of unbranched alkanes of at least 4 members (excludes halogenated alkanes) is 8. The van der Waals surface area contributed by atoms with Crippen molar-refractivity contribution in [3.63, 3.8) is 0 Å². The molecular formula is C17H31AgN2O4. The molecule has 0 aliphatic carbocycles. The van der Waals surface area contributed by atoms with Gasteiger partial charge in [0.15, 0.2) is 0 Å². The number of carbonyl (C=O) groups is 3. The molecule has 0 rings (SSSR count). The molecule has 2 amide bonds. The number of rotatable bonds is 14. The Bertz CT molecular complexity index is 364. The second kappa shape index (κ2) is 17.1. The quantitative estimate of drug-likeness (QED) is 0.317. The van der Waals surface area contributed by atoms with Gasteiger partial charge in [0.05, 0.1) is 5.97 Å². The molecule has 0 aromatic heterocycles. The van der Waals surface area contributed by atoms with Crippen LogP contribution in [0.1, 0.15) is 84.0 Å². The van der Waals surface area contributed by atoms with E-state index in [9.17, 15) is 19.5 Å². The van der Waals surface area contributed by atoms with Crippen LogP contribution in [-0.4, -0.2) is 23.8 Å². The molecule has 0 heterocycles. The zero-order chi connectivity index (χ0) is 17.5. The van der Waals surface area contributed by atoms with Crippen molar-refractivity contribution in [2.75, 3.05) is 0 Å². The summed E-state index contributed by atoms with van der Waals surface area (Å²) < 4.78 is 0. The van der Waals surface area contributed by atoms with Crippen molar-refractivity contribution in [3.8, 4) is 0 Å². The fourth-order valence-electron chi connectivity index (χ4n) is 2.28. The molecule has 1 atom stereocenters. The molecule has 0 aliphatic rings. The predicted octanol–water partition coefficient (Wildman–Crippen LogP) is 1.41. The molecule has 24 heavy (non-hydrogen) atoms. The molecule has 0 radical (unpaired) electrons. The molecule has 0 fully saturated rings. The number of imide groups is 1. The second-order valence-electron chi connectivity index (χ2n) is 6.01. The smallest absolute Gasteiger partial charge is 0.548 e. The summed E-state index contributed by atoms with van der Waals surface area (Å²) in [5.74, 6) is -2.18. The number of hydrogen-bond acceptors (Lipinski definition) is 5. The summed E-state index contributed by atoms with van der Waals surface area (Å²) in [5.41, 5.74) is 5.23. The van der Waals surface area contributed by atoms with Gasteiger partial charge in [-0.05, 0) is 12.8 Å². The number of carbonyl (C=O) groups excluding carboxylic acids is 3. The molecule has 0 aromatic rings. The van der Waals surface area contributed by atoms with Gasteiger partial charge in [0, 0.05) is 18.9 Å². The van der Waals surface area contributed by atoms with Gasteiger partial charge in [-0.15, -0.1) is 0 Å². The predicted molar refractivity (Wildman–Crippen MR) is 87.2 cm³/mol. The number of amides is 2. The van der Waals surface area contributed by atoms with Crippen LogP contribution >= 0.6 is 0 Å². The molecule has 144 valence electrons. The third-order valence-electron chi connectivity index (χ3n) is 3.77. The van der Waals surface area contributed by atoms with Crippen molar-refractivity contribution >= 4 is 17.8 Å². The van der Waals surface area contributed by atoms with Gasteiger partial charge in [-0.1, -0.05) is 58.3 Å². The first-order chi connectivity index (χ1) is 11.0. The standard InChI is InChI=1S/C17H32N2O4.Ag/c1-2-3-4-5-6-7-8-9-10-11-15(20)19-16(21)13-12-14(18)17(22)23;/h14H,2-13,18H2,1H3,(H,22,23)(H,19,20,21);/q;+1/p-1. The van der Waals surface area contributed by atoms with E-state index in [0.29, 0.717) is 6.42 Å². The Labute approximate surface area is 160 Å². The van der Waals surface area contributed by atoms with Crippen LogP contribution in [0.4, 0.5) is 0 Å². The van der Waals surface area contributed by atoms with E-state index in [1.165, 1.54) is 38.5 Å². The summed E-state index contributed by atoms with van der Waals surface area (Å²) in [6.07, 6.45) is 10.7. The molecule has 3 N–H and O–H groups in total. The normalized spacial score (nSPS) is 11.4. The molecule has 6 nitrogen and oxygen atoms in total. The average molecular weight is 435 g/mol. The summed E-state index contributed by atoms with van der Waals surface area (Å²) in [5, 5.41) is 12.7. The van der Waals surface area contributed by atoms with Crippen molar-refractivity contribution in [2.45, 2.75) is 90.0 Å². The van der Waals surface area contributed by atoms with Crippen LogP contribution in [0.15, 0.2) is 0 Å². The third-order valence-corrected chi connectivity index (χ3v) is 3.77. The van der Waals surface area contributed by atoms with E-state index in [4.69, 9.17) is 5.73 Å². The molecular weight excluding hydrogens is 404 g/mol. The number of hydrogen-bond donors (Lipinski definition) is 2. The number of carboxylic acids is 1. The van der Waals surface area contributed by atoms with E-state index in [2.05, 4.69) is 12.2 Å². The monoisotopic (exact) mass is 434 g/mol. The zero-order valence-corrected chi connectivity index (χ0v) is 16.1. The SMILES string of the molecule is CCCCCCCCCCCC(=O)NC(=O)CCC(N)C(=O)[O-].[Ag+]. The molecule has 7 heteroatoms. The number of nitrogens with two attached hydrogens (primary N) is 1. The Morgan fingerprint density at radius 2 is 1.33 bits per heavy atom. The van der Waals surface area contributed by atoms with Crippen molar-refractivity contribution in [1.29, 1.82) is 0 Å². The maximum atomic E-state index is 11.5. The fourth-order valence-corrected chi connectivity index (χ4v) is 2.28. The topological polar surface area (TPSA) is 112 Å². The van der Waals surface area contributed by atoms with Crippen LogP contribution in [0.2, 0.25) is 0 Å². The van der Waals surface area contributed by atoms with Gasteiger partial charge in [0.2, 0.25) is 11.8 Å². The first-order valence-corrected chi connectivity index (χ1v) is 8.76. The summed E-state index contributed by atoms with van der Waals surface area (Å²) >= 11 is 0. The van der Waals surface area contributed by atoms with Crippen LogP contribution in [0, 0.1) is 0 Å². The Balaban J connectivity index is 0. The maximum absolute atomic E-state index is 11.5. The first-order valence-electron chi connectivity index (χ1n) is 8.76. The van der Waals surface area contributed by atoms with E-state index in [0.717, 1.165) is 19.3 Å². The van der Waals surface area contributed by atoms with Gasteiger partial charge in [-0.3, -0.25) is 14.9 Å². The van der Waals surface area contributed by atoms with E-state index >= 15 is 0 Å².